The summed E-state index contributed by atoms with van der Waals surface area (Å²) in [4.78, 5) is 25.2. The maximum Gasteiger partial charge on any atom is 0.335 e. The molecule has 0 unspecified atom stereocenters. The van der Waals surface area contributed by atoms with Crippen molar-refractivity contribution >= 4 is 17.4 Å². The van der Waals surface area contributed by atoms with E-state index in [-0.39, 0.29) is 11.3 Å². The van der Waals surface area contributed by atoms with E-state index in [0.29, 0.717) is 11.1 Å². The minimum atomic E-state index is -1.00. The van der Waals surface area contributed by atoms with Crippen LogP contribution in [0.15, 0.2) is 48.5 Å². The second kappa shape index (κ2) is 5.57. The van der Waals surface area contributed by atoms with Crippen LogP contribution in [0.25, 0.3) is 0 Å². The molecule has 0 aliphatic heterocycles. The van der Waals surface area contributed by atoms with Crippen molar-refractivity contribution in [2.75, 3.05) is 19.0 Å². The Balaban J connectivity index is 2.39. The minimum absolute atomic E-state index is 0.119. The Hall–Kier alpha value is -2.62. The van der Waals surface area contributed by atoms with Gasteiger partial charge in [-0.25, -0.2) is 4.79 Å². The Kier molecular flexibility index (Phi) is 3.84. The van der Waals surface area contributed by atoms with Gasteiger partial charge in [0.15, 0.2) is 5.78 Å². The molecule has 0 aliphatic carbocycles. The zero-order chi connectivity index (χ0) is 14.7. The van der Waals surface area contributed by atoms with Gasteiger partial charge in [0.05, 0.1) is 5.56 Å². The van der Waals surface area contributed by atoms with E-state index in [9.17, 15) is 9.59 Å². The number of hydrogen-bond acceptors (Lipinski definition) is 3. The topological polar surface area (TPSA) is 57.6 Å². The number of para-hydroxylation sites is 1. The number of carbonyl (C=O) groups excluding carboxylic acids is 1. The van der Waals surface area contributed by atoms with Crippen LogP contribution in [0.2, 0.25) is 0 Å². The highest BCUT2D eigenvalue weighted by Crippen LogP contribution is 2.21. The number of carboxylic acid groups (broad SMARTS) is 1. The first-order valence-corrected chi connectivity index (χ1v) is 6.15. The third-order valence-corrected chi connectivity index (χ3v) is 3.02. The van der Waals surface area contributed by atoms with Crippen molar-refractivity contribution in [2.45, 2.75) is 0 Å². The average molecular weight is 269 g/mol. The lowest BCUT2D eigenvalue weighted by molar-refractivity contribution is 0.0696. The van der Waals surface area contributed by atoms with Gasteiger partial charge in [0.1, 0.15) is 0 Å². The number of ketones is 1. The highest BCUT2D eigenvalue weighted by atomic mass is 16.4. The number of carboxylic acids is 1. The van der Waals surface area contributed by atoms with E-state index in [1.165, 1.54) is 24.3 Å². The van der Waals surface area contributed by atoms with Crippen molar-refractivity contribution in [1.82, 2.24) is 0 Å². The molecule has 102 valence electrons. The van der Waals surface area contributed by atoms with Gasteiger partial charge in [-0.3, -0.25) is 4.79 Å². The standard InChI is InChI=1S/C16H15NO3/c1-17(2)14-6-4-3-5-13(14)15(18)11-7-9-12(10-8-11)16(19)20/h3-10H,1-2H3,(H,19,20). The fraction of sp³-hybridized carbons (Fsp3) is 0.125. The van der Waals surface area contributed by atoms with Gasteiger partial charge in [-0.2, -0.15) is 0 Å². The van der Waals surface area contributed by atoms with Gasteiger partial charge in [-0.15, -0.1) is 0 Å². The number of anilines is 1. The Bertz CT molecular complexity index is 645. The molecule has 0 bridgehead atoms. The number of aromatic carboxylic acids is 1. The first-order valence-electron chi connectivity index (χ1n) is 6.15. The quantitative estimate of drug-likeness (QED) is 0.867. The van der Waals surface area contributed by atoms with Gasteiger partial charge in [0.25, 0.3) is 0 Å². The molecule has 0 fully saturated rings. The van der Waals surface area contributed by atoms with Gasteiger partial charge in [-0.05, 0) is 24.3 Å². The minimum Gasteiger partial charge on any atom is -0.478 e. The van der Waals surface area contributed by atoms with Crippen molar-refractivity contribution < 1.29 is 14.7 Å². The number of benzene rings is 2. The first-order chi connectivity index (χ1) is 9.50. The fourth-order valence-electron chi connectivity index (χ4n) is 1.98. The Morgan fingerprint density at radius 1 is 0.900 bits per heavy atom. The Morgan fingerprint density at radius 2 is 1.45 bits per heavy atom. The summed E-state index contributed by atoms with van der Waals surface area (Å²) in [6.45, 7) is 0. The van der Waals surface area contributed by atoms with E-state index in [2.05, 4.69) is 0 Å². The van der Waals surface area contributed by atoms with Crippen LogP contribution in [0.3, 0.4) is 0 Å². The molecule has 0 atom stereocenters. The van der Waals surface area contributed by atoms with Crippen LogP contribution in [0.4, 0.5) is 5.69 Å². The molecule has 0 saturated carbocycles. The largest absolute Gasteiger partial charge is 0.478 e. The summed E-state index contributed by atoms with van der Waals surface area (Å²) < 4.78 is 0. The molecule has 0 amide bonds. The summed E-state index contributed by atoms with van der Waals surface area (Å²) >= 11 is 0. The van der Waals surface area contributed by atoms with Crippen LogP contribution in [0.5, 0.6) is 0 Å². The van der Waals surface area contributed by atoms with Gasteiger partial charge in [0, 0.05) is 30.9 Å². The highest BCUT2D eigenvalue weighted by molar-refractivity contribution is 6.12. The molecule has 0 heterocycles. The van der Waals surface area contributed by atoms with Gasteiger partial charge in [0.2, 0.25) is 0 Å². The molecular weight excluding hydrogens is 254 g/mol. The zero-order valence-electron chi connectivity index (χ0n) is 11.3. The second-order valence-electron chi connectivity index (χ2n) is 4.62. The molecular formula is C16H15NO3. The van der Waals surface area contributed by atoms with E-state index in [1.54, 1.807) is 6.07 Å². The lowest BCUT2D eigenvalue weighted by atomic mass is 10.00. The number of carbonyl (C=O) groups is 2. The van der Waals surface area contributed by atoms with Crippen LogP contribution in [-0.2, 0) is 0 Å². The van der Waals surface area contributed by atoms with Gasteiger partial charge < -0.3 is 10.0 Å². The van der Waals surface area contributed by atoms with Gasteiger partial charge >= 0.3 is 5.97 Å². The van der Waals surface area contributed by atoms with Crippen molar-refractivity contribution in [1.29, 1.82) is 0 Å². The molecule has 4 nitrogen and oxygen atoms in total. The summed E-state index contributed by atoms with van der Waals surface area (Å²) in [6, 6.07) is 13.3. The third kappa shape index (κ3) is 2.69. The molecule has 1 N–H and O–H groups in total. The summed E-state index contributed by atoms with van der Waals surface area (Å²) in [6.07, 6.45) is 0. The predicted octanol–water partition coefficient (Wildman–Crippen LogP) is 2.68. The smallest absolute Gasteiger partial charge is 0.335 e. The lowest BCUT2D eigenvalue weighted by Crippen LogP contribution is -2.14. The summed E-state index contributed by atoms with van der Waals surface area (Å²) in [5.41, 5.74) is 2.08. The molecule has 0 spiro atoms. The van der Waals surface area contributed by atoms with Gasteiger partial charge in [-0.1, -0.05) is 24.3 Å². The normalized spacial score (nSPS) is 10.1. The van der Waals surface area contributed by atoms with Crippen molar-refractivity contribution in [3.63, 3.8) is 0 Å². The Labute approximate surface area is 117 Å². The first kappa shape index (κ1) is 13.8. The maximum atomic E-state index is 12.5. The monoisotopic (exact) mass is 269 g/mol. The van der Waals surface area contributed by atoms with Crippen molar-refractivity contribution in [3.8, 4) is 0 Å². The lowest BCUT2D eigenvalue weighted by Gasteiger charge is -2.16. The second-order valence-corrected chi connectivity index (χ2v) is 4.62. The van der Waals surface area contributed by atoms with Crippen molar-refractivity contribution in [2.24, 2.45) is 0 Å². The molecule has 2 aromatic rings. The van der Waals surface area contributed by atoms with Crippen LogP contribution in [-0.4, -0.2) is 31.0 Å². The molecule has 0 aromatic heterocycles. The molecule has 0 saturated heterocycles. The van der Waals surface area contributed by atoms with E-state index in [4.69, 9.17) is 5.11 Å². The summed E-state index contributed by atoms with van der Waals surface area (Å²) in [5, 5.41) is 8.86. The van der Waals surface area contributed by atoms with Crippen molar-refractivity contribution in [3.05, 3.63) is 65.2 Å². The number of hydrogen-bond donors (Lipinski definition) is 1. The SMILES string of the molecule is CN(C)c1ccccc1C(=O)c1ccc(C(=O)O)cc1. The average Bonchev–Trinajstić information content (AvgIpc) is 2.46. The summed E-state index contributed by atoms with van der Waals surface area (Å²) in [5.74, 6) is -1.12. The molecule has 0 radical (unpaired) electrons. The molecule has 2 aromatic carbocycles. The highest BCUT2D eigenvalue weighted by Gasteiger charge is 2.14. The number of rotatable bonds is 4. The molecule has 4 heteroatoms. The van der Waals surface area contributed by atoms with E-state index >= 15 is 0 Å². The van der Waals surface area contributed by atoms with Crippen LogP contribution in [0, 0.1) is 0 Å². The fourth-order valence-corrected chi connectivity index (χ4v) is 1.98. The van der Waals surface area contributed by atoms with Crippen LogP contribution in [0.1, 0.15) is 26.3 Å². The molecule has 2 rings (SSSR count). The summed E-state index contributed by atoms with van der Waals surface area (Å²) in [7, 11) is 3.75. The van der Waals surface area contributed by atoms with E-state index in [0.717, 1.165) is 5.69 Å². The maximum absolute atomic E-state index is 12.5. The van der Waals surface area contributed by atoms with E-state index < -0.39 is 5.97 Å². The zero-order valence-corrected chi connectivity index (χ0v) is 11.3. The number of nitrogens with zero attached hydrogens (tertiary/aromatic N) is 1. The van der Waals surface area contributed by atoms with Crippen LogP contribution >= 0.6 is 0 Å². The molecule has 0 aliphatic rings. The molecule has 20 heavy (non-hydrogen) atoms. The third-order valence-electron chi connectivity index (χ3n) is 3.02. The Morgan fingerprint density at radius 3 is 2.00 bits per heavy atom. The van der Waals surface area contributed by atoms with Crippen LogP contribution < -0.4 is 4.90 Å². The predicted molar refractivity (Wildman–Crippen MR) is 77.6 cm³/mol. The van der Waals surface area contributed by atoms with E-state index in [1.807, 2.05) is 37.2 Å².